The summed E-state index contributed by atoms with van der Waals surface area (Å²) in [5.74, 6) is -0.230. The van der Waals surface area contributed by atoms with E-state index in [1.165, 1.54) is 13.2 Å². The van der Waals surface area contributed by atoms with Crippen LogP contribution >= 0.6 is 0 Å². The average molecular weight is 267 g/mol. The fourth-order valence-corrected chi connectivity index (χ4v) is 2.73. The van der Waals surface area contributed by atoms with Crippen molar-refractivity contribution < 1.29 is 14.2 Å². The van der Waals surface area contributed by atoms with Crippen LogP contribution in [0.3, 0.4) is 0 Å². The summed E-state index contributed by atoms with van der Waals surface area (Å²) in [6.45, 7) is 5.99. The largest absolute Gasteiger partial charge is 0.494 e. The predicted octanol–water partition coefficient (Wildman–Crippen LogP) is 2.74. The molecular weight excluding hydrogens is 245 g/mol. The normalized spacial score (nSPS) is 18.6. The summed E-state index contributed by atoms with van der Waals surface area (Å²) < 4.78 is 18.6. The summed E-state index contributed by atoms with van der Waals surface area (Å²) in [6, 6.07) is 4.65. The zero-order valence-electron chi connectivity index (χ0n) is 11.8. The molecule has 4 heteroatoms. The Morgan fingerprint density at radius 3 is 2.47 bits per heavy atom. The second-order valence-corrected chi connectivity index (χ2v) is 5.64. The highest BCUT2D eigenvalue weighted by molar-refractivity contribution is 5.31. The van der Waals surface area contributed by atoms with Crippen LogP contribution in [0.4, 0.5) is 4.39 Å². The standard InChI is InChI=1S/C15H22FNO2/c1-15(2,17-8-4-5-9-17)14(18)11-6-7-13(19-3)12(16)10-11/h6-7,10,14,18H,4-5,8-9H2,1-3H3. The van der Waals surface area contributed by atoms with Gasteiger partial charge in [-0.2, -0.15) is 0 Å². The Bertz CT molecular complexity index is 442. The Hall–Kier alpha value is -1.13. The van der Waals surface area contributed by atoms with Crippen LogP contribution in [-0.4, -0.2) is 35.7 Å². The highest BCUT2D eigenvalue weighted by Gasteiger charge is 2.36. The van der Waals surface area contributed by atoms with Crippen LogP contribution in [-0.2, 0) is 0 Å². The Morgan fingerprint density at radius 1 is 1.32 bits per heavy atom. The van der Waals surface area contributed by atoms with Gasteiger partial charge in [0.25, 0.3) is 0 Å². The molecular formula is C15H22FNO2. The number of methoxy groups -OCH3 is 1. The molecule has 0 radical (unpaired) electrons. The first-order chi connectivity index (χ1) is 8.96. The molecule has 1 heterocycles. The second kappa shape index (κ2) is 5.47. The van der Waals surface area contributed by atoms with Gasteiger partial charge in [-0.25, -0.2) is 4.39 Å². The first-order valence-corrected chi connectivity index (χ1v) is 6.73. The van der Waals surface area contributed by atoms with Crippen molar-refractivity contribution in [2.45, 2.75) is 38.3 Å². The number of nitrogens with zero attached hydrogens (tertiary/aromatic N) is 1. The molecule has 0 spiro atoms. The zero-order valence-corrected chi connectivity index (χ0v) is 11.8. The van der Waals surface area contributed by atoms with E-state index >= 15 is 0 Å². The quantitative estimate of drug-likeness (QED) is 0.910. The van der Waals surface area contributed by atoms with E-state index in [-0.39, 0.29) is 5.75 Å². The molecule has 1 fully saturated rings. The number of rotatable bonds is 4. The number of halogens is 1. The molecule has 0 aromatic heterocycles. The van der Waals surface area contributed by atoms with E-state index in [1.807, 2.05) is 13.8 Å². The van der Waals surface area contributed by atoms with Crippen LogP contribution in [0.2, 0.25) is 0 Å². The molecule has 0 aliphatic carbocycles. The van der Waals surface area contributed by atoms with Crippen molar-refractivity contribution in [3.63, 3.8) is 0 Å². The molecule has 1 aromatic rings. The maximum Gasteiger partial charge on any atom is 0.165 e. The topological polar surface area (TPSA) is 32.7 Å². The molecule has 0 amide bonds. The van der Waals surface area contributed by atoms with Crippen molar-refractivity contribution in [1.82, 2.24) is 4.90 Å². The molecule has 1 aliphatic heterocycles. The minimum Gasteiger partial charge on any atom is -0.494 e. The van der Waals surface area contributed by atoms with Crippen molar-refractivity contribution in [2.24, 2.45) is 0 Å². The van der Waals surface area contributed by atoms with E-state index in [0.717, 1.165) is 25.9 Å². The zero-order chi connectivity index (χ0) is 14.0. The summed E-state index contributed by atoms with van der Waals surface area (Å²) in [5, 5.41) is 10.5. The summed E-state index contributed by atoms with van der Waals surface area (Å²) in [5.41, 5.74) is 0.201. The lowest BCUT2D eigenvalue weighted by Gasteiger charge is -2.39. The first-order valence-electron chi connectivity index (χ1n) is 6.73. The maximum atomic E-state index is 13.7. The third-order valence-electron chi connectivity index (χ3n) is 4.08. The fourth-order valence-electron chi connectivity index (χ4n) is 2.73. The van der Waals surface area contributed by atoms with Crippen molar-refractivity contribution in [1.29, 1.82) is 0 Å². The van der Waals surface area contributed by atoms with Crippen molar-refractivity contribution >= 4 is 0 Å². The van der Waals surface area contributed by atoms with Gasteiger partial charge in [0.15, 0.2) is 11.6 Å². The Labute approximate surface area is 114 Å². The van der Waals surface area contributed by atoms with E-state index in [4.69, 9.17) is 4.74 Å². The molecule has 1 unspecified atom stereocenters. The van der Waals surface area contributed by atoms with Crippen molar-refractivity contribution in [3.8, 4) is 5.75 Å². The number of aliphatic hydroxyl groups is 1. The molecule has 3 nitrogen and oxygen atoms in total. The number of hydrogen-bond acceptors (Lipinski definition) is 3. The number of ether oxygens (including phenoxy) is 1. The minimum absolute atomic E-state index is 0.204. The van der Waals surface area contributed by atoms with Gasteiger partial charge in [0.1, 0.15) is 0 Å². The van der Waals surface area contributed by atoms with Gasteiger partial charge in [0.05, 0.1) is 13.2 Å². The molecule has 2 rings (SSSR count). The number of aliphatic hydroxyl groups excluding tert-OH is 1. The van der Waals surface area contributed by atoms with Crippen LogP contribution in [0.15, 0.2) is 18.2 Å². The van der Waals surface area contributed by atoms with E-state index in [9.17, 15) is 9.50 Å². The summed E-state index contributed by atoms with van der Waals surface area (Å²) in [7, 11) is 1.43. The Kier molecular flexibility index (Phi) is 4.11. The maximum absolute atomic E-state index is 13.7. The number of hydrogen-bond donors (Lipinski definition) is 1. The van der Waals surface area contributed by atoms with Crippen LogP contribution in [0.1, 0.15) is 38.4 Å². The molecule has 106 valence electrons. The molecule has 1 saturated heterocycles. The third kappa shape index (κ3) is 2.74. The molecule has 1 aromatic carbocycles. The number of benzene rings is 1. The Balaban J connectivity index is 2.22. The lowest BCUT2D eigenvalue weighted by atomic mass is 9.89. The number of likely N-dealkylation sites (tertiary alicyclic amines) is 1. The molecule has 0 bridgehead atoms. The van der Waals surface area contributed by atoms with Gasteiger partial charge in [0.2, 0.25) is 0 Å². The monoisotopic (exact) mass is 267 g/mol. The highest BCUT2D eigenvalue weighted by Crippen LogP contribution is 2.34. The summed E-state index contributed by atoms with van der Waals surface area (Å²) in [6.07, 6.45) is 1.60. The van der Waals surface area contributed by atoms with Gasteiger partial charge in [-0.3, -0.25) is 4.90 Å². The van der Waals surface area contributed by atoms with Gasteiger partial charge in [0, 0.05) is 5.54 Å². The summed E-state index contributed by atoms with van der Waals surface area (Å²) in [4.78, 5) is 2.26. The van der Waals surface area contributed by atoms with Crippen molar-refractivity contribution in [3.05, 3.63) is 29.6 Å². The molecule has 1 aliphatic rings. The lowest BCUT2D eigenvalue weighted by molar-refractivity contribution is 0.00114. The van der Waals surface area contributed by atoms with Crippen LogP contribution in [0.5, 0.6) is 5.75 Å². The van der Waals surface area contributed by atoms with E-state index < -0.39 is 17.5 Å². The van der Waals surface area contributed by atoms with Crippen LogP contribution in [0, 0.1) is 5.82 Å². The smallest absolute Gasteiger partial charge is 0.165 e. The summed E-state index contributed by atoms with van der Waals surface area (Å²) >= 11 is 0. The Morgan fingerprint density at radius 2 is 1.95 bits per heavy atom. The van der Waals surface area contributed by atoms with E-state index in [0.29, 0.717) is 5.56 Å². The van der Waals surface area contributed by atoms with Gasteiger partial charge >= 0.3 is 0 Å². The van der Waals surface area contributed by atoms with Crippen LogP contribution in [0.25, 0.3) is 0 Å². The van der Waals surface area contributed by atoms with E-state index in [2.05, 4.69) is 4.90 Å². The second-order valence-electron chi connectivity index (χ2n) is 5.64. The first kappa shape index (κ1) is 14.3. The van der Waals surface area contributed by atoms with Gasteiger partial charge < -0.3 is 9.84 Å². The highest BCUT2D eigenvalue weighted by atomic mass is 19.1. The average Bonchev–Trinajstić information content (AvgIpc) is 2.92. The van der Waals surface area contributed by atoms with Crippen molar-refractivity contribution in [2.75, 3.05) is 20.2 Å². The lowest BCUT2D eigenvalue weighted by Crippen LogP contribution is -2.46. The van der Waals surface area contributed by atoms with Gasteiger partial charge in [-0.15, -0.1) is 0 Å². The van der Waals surface area contributed by atoms with Gasteiger partial charge in [-0.05, 0) is 57.5 Å². The molecule has 1 N–H and O–H groups in total. The predicted molar refractivity (Wildman–Crippen MR) is 72.8 cm³/mol. The molecule has 1 atom stereocenters. The van der Waals surface area contributed by atoms with E-state index in [1.54, 1.807) is 12.1 Å². The molecule has 19 heavy (non-hydrogen) atoms. The third-order valence-corrected chi connectivity index (χ3v) is 4.08. The fraction of sp³-hybridized carbons (Fsp3) is 0.600. The van der Waals surface area contributed by atoms with Gasteiger partial charge in [-0.1, -0.05) is 6.07 Å². The minimum atomic E-state index is -0.717. The SMILES string of the molecule is COc1ccc(C(O)C(C)(C)N2CCCC2)cc1F. The van der Waals surface area contributed by atoms with Crippen LogP contribution < -0.4 is 4.74 Å². The molecule has 0 saturated carbocycles.